The van der Waals surface area contributed by atoms with Gasteiger partial charge >= 0.3 is 12.1 Å². The minimum atomic E-state index is -1.27. The summed E-state index contributed by atoms with van der Waals surface area (Å²) in [5.74, 6) is -0.471. The molecule has 0 saturated heterocycles. The molecule has 3 N–H and O–H groups in total. The molecule has 0 aliphatic heterocycles. The minimum absolute atomic E-state index is 0.129. The molecule has 0 aliphatic carbocycles. The Hall–Kier alpha value is -4.66. The van der Waals surface area contributed by atoms with Crippen molar-refractivity contribution in [1.29, 1.82) is 0 Å². The minimum Gasteiger partial charge on any atom is -0.480 e. The molecule has 4 aromatic rings. The number of aryl methyl sites for hydroxylation is 1. The topological polar surface area (TPSA) is 127 Å². The van der Waals surface area contributed by atoms with Gasteiger partial charge < -0.3 is 19.7 Å². The second-order valence-corrected chi connectivity index (χ2v) is 8.91. The first-order valence-electron chi connectivity index (χ1n) is 11.8. The summed E-state index contributed by atoms with van der Waals surface area (Å²) in [6, 6.07) is 22.2. The van der Waals surface area contributed by atoms with E-state index in [9.17, 15) is 14.7 Å². The molecular formula is C28H28N4O5. The molecule has 37 heavy (non-hydrogen) atoms. The number of nitrogens with zero attached hydrogens (tertiary/aromatic N) is 2. The number of aliphatic carboxylic acids is 1. The van der Waals surface area contributed by atoms with Crippen LogP contribution in [0.3, 0.4) is 0 Å². The lowest BCUT2D eigenvalue weighted by Crippen LogP contribution is -2.45. The van der Waals surface area contributed by atoms with E-state index in [1.165, 1.54) is 0 Å². The Bertz CT molecular complexity index is 1360. The average molecular weight is 501 g/mol. The molecule has 0 fully saturated rings. The first-order chi connectivity index (χ1) is 17.7. The number of anilines is 2. The van der Waals surface area contributed by atoms with Gasteiger partial charge in [-0.3, -0.25) is 5.32 Å². The lowest BCUT2D eigenvalue weighted by Gasteiger charge is -2.27. The fourth-order valence-corrected chi connectivity index (χ4v) is 3.95. The van der Waals surface area contributed by atoms with Gasteiger partial charge in [0, 0.05) is 18.2 Å². The number of hydrogen-bond acceptors (Lipinski definition) is 7. The van der Waals surface area contributed by atoms with Crippen molar-refractivity contribution in [2.24, 2.45) is 0 Å². The molecule has 0 aliphatic rings. The van der Waals surface area contributed by atoms with E-state index in [1.54, 1.807) is 39.1 Å². The van der Waals surface area contributed by atoms with Gasteiger partial charge in [0.15, 0.2) is 0 Å². The number of carboxylic acid groups (broad SMARTS) is 1. The van der Waals surface area contributed by atoms with Crippen molar-refractivity contribution in [2.45, 2.75) is 38.8 Å². The third-order valence-corrected chi connectivity index (χ3v) is 5.96. The van der Waals surface area contributed by atoms with E-state index < -0.39 is 23.7 Å². The molecule has 4 rings (SSSR count). The van der Waals surface area contributed by atoms with Crippen molar-refractivity contribution in [3.05, 3.63) is 95.8 Å². The van der Waals surface area contributed by atoms with Gasteiger partial charge in [-0.25, -0.2) is 14.6 Å². The summed E-state index contributed by atoms with van der Waals surface area (Å²) in [6.07, 6.45) is 0.698. The quantitative estimate of drug-likeness (QED) is 0.261. The number of carboxylic acids is 1. The SMILES string of the molecule is Cc1noc(NC(=O)OC(C)c2ccccc2)c1-c1ccc(NC(C)(Cc2ccccc2)C(=O)O)nc1. The predicted octanol–water partition coefficient (Wildman–Crippen LogP) is 5.85. The Balaban J connectivity index is 1.47. The fourth-order valence-electron chi connectivity index (χ4n) is 3.95. The van der Waals surface area contributed by atoms with Gasteiger partial charge in [-0.1, -0.05) is 65.8 Å². The third kappa shape index (κ3) is 6.13. The highest BCUT2D eigenvalue weighted by Gasteiger charge is 2.33. The van der Waals surface area contributed by atoms with Gasteiger partial charge in [0.2, 0.25) is 5.88 Å². The normalized spacial score (nSPS) is 13.3. The van der Waals surface area contributed by atoms with Gasteiger partial charge in [0.1, 0.15) is 17.5 Å². The monoisotopic (exact) mass is 500 g/mol. The number of hydrogen-bond donors (Lipinski definition) is 3. The predicted molar refractivity (Wildman–Crippen MR) is 139 cm³/mol. The average Bonchev–Trinajstić information content (AvgIpc) is 3.25. The van der Waals surface area contributed by atoms with Crippen molar-refractivity contribution < 1.29 is 24.0 Å². The van der Waals surface area contributed by atoms with Crippen LogP contribution in [0.1, 0.15) is 36.8 Å². The number of benzene rings is 2. The number of pyridine rings is 1. The van der Waals surface area contributed by atoms with Crippen LogP contribution in [0, 0.1) is 6.92 Å². The Morgan fingerprint density at radius 3 is 2.35 bits per heavy atom. The maximum absolute atomic E-state index is 12.5. The Labute approximate surface area is 214 Å². The molecule has 190 valence electrons. The number of carbonyl (C=O) groups excluding carboxylic acids is 1. The summed E-state index contributed by atoms with van der Waals surface area (Å²) in [7, 11) is 0. The molecule has 1 amide bonds. The second kappa shape index (κ2) is 10.9. The Morgan fingerprint density at radius 1 is 1.05 bits per heavy atom. The van der Waals surface area contributed by atoms with Gasteiger partial charge in [0.05, 0.1) is 11.3 Å². The number of rotatable bonds is 9. The molecule has 0 spiro atoms. The second-order valence-electron chi connectivity index (χ2n) is 8.91. The van der Waals surface area contributed by atoms with Crippen LogP contribution in [0.5, 0.6) is 0 Å². The molecule has 2 unspecified atom stereocenters. The van der Waals surface area contributed by atoms with Crippen LogP contribution in [-0.4, -0.2) is 32.8 Å². The summed E-state index contributed by atoms with van der Waals surface area (Å²) in [5, 5.41) is 19.5. The number of ether oxygens (including phenoxy) is 1. The van der Waals surface area contributed by atoms with Crippen LogP contribution in [0.15, 0.2) is 83.5 Å². The molecule has 0 bridgehead atoms. The van der Waals surface area contributed by atoms with Gasteiger partial charge in [0.25, 0.3) is 0 Å². The molecule has 9 heteroatoms. The smallest absolute Gasteiger partial charge is 0.414 e. The van der Waals surface area contributed by atoms with Crippen LogP contribution in [0.4, 0.5) is 16.5 Å². The van der Waals surface area contributed by atoms with Crippen molar-refractivity contribution >= 4 is 23.8 Å². The standard InChI is InChI=1S/C28H28N4O5/c1-18-24(25(37-32-18)30-27(35)36-19(2)21-12-8-5-9-13-21)22-14-15-23(29-17-22)31-28(3,26(33)34)16-20-10-6-4-7-11-20/h4-15,17,19H,16H2,1-3H3,(H,29,31)(H,30,35)(H,33,34). The van der Waals surface area contributed by atoms with E-state index in [-0.39, 0.29) is 12.3 Å². The summed E-state index contributed by atoms with van der Waals surface area (Å²) in [6.45, 7) is 5.14. The number of nitrogens with one attached hydrogen (secondary N) is 2. The van der Waals surface area contributed by atoms with Gasteiger partial charge in [-0.2, -0.15) is 0 Å². The summed E-state index contributed by atoms with van der Waals surface area (Å²) in [4.78, 5) is 29.0. The van der Waals surface area contributed by atoms with Crippen LogP contribution >= 0.6 is 0 Å². The summed E-state index contributed by atoms with van der Waals surface area (Å²) in [5.41, 5.74) is 2.22. The fraction of sp³-hybridized carbons (Fsp3) is 0.214. The van der Waals surface area contributed by atoms with Gasteiger partial charge in [-0.05, 0) is 44.0 Å². The number of aromatic nitrogens is 2. The summed E-state index contributed by atoms with van der Waals surface area (Å²) < 4.78 is 10.8. The van der Waals surface area contributed by atoms with Crippen LogP contribution < -0.4 is 10.6 Å². The van der Waals surface area contributed by atoms with Crippen molar-refractivity contribution in [3.8, 4) is 11.1 Å². The molecule has 2 aromatic heterocycles. The highest BCUT2D eigenvalue weighted by atomic mass is 16.6. The molecular weight excluding hydrogens is 472 g/mol. The van der Waals surface area contributed by atoms with Crippen LogP contribution in [0.25, 0.3) is 11.1 Å². The lowest BCUT2D eigenvalue weighted by atomic mass is 9.93. The van der Waals surface area contributed by atoms with E-state index in [4.69, 9.17) is 9.26 Å². The number of carbonyl (C=O) groups is 2. The van der Waals surface area contributed by atoms with E-state index in [2.05, 4.69) is 20.8 Å². The molecule has 2 atom stereocenters. The highest BCUT2D eigenvalue weighted by Crippen LogP contribution is 2.32. The maximum Gasteiger partial charge on any atom is 0.414 e. The zero-order valence-electron chi connectivity index (χ0n) is 20.8. The van der Waals surface area contributed by atoms with Crippen molar-refractivity contribution in [2.75, 3.05) is 10.6 Å². The van der Waals surface area contributed by atoms with E-state index in [0.29, 0.717) is 22.6 Å². The van der Waals surface area contributed by atoms with Crippen LogP contribution in [0.2, 0.25) is 0 Å². The zero-order valence-corrected chi connectivity index (χ0v) is 20.8. The lowest BCUT2D eigenvalue weighted by molar-refractivity contribution is -0.141. The zero-order chi connectivity index (χ0) is 26.4. The summed E-state index contributed by atoms with van der Waals surface area (Å²) >= 11 is 0. The Kier molecular flexibility index (Phi) is 7.52. The van der Waals surface area contributed by atoms with E-state index in [1.807, 2.05) is 60.7 Å². The maximum atomic E-state index is 12.5. The highest BCUT2D eigenvalue weighted by molar-refractivity contribution is 5.89. The first-order valence-corrected chi connectivity index (χ1v) is 11.8. The van der Waals surface area contributed by atoms with E-state index in [0.717, 1.165) is 11.1 Å². The van der Waals surface area contributed by atoms with Gasteiger partial charge in [-0.15, -0.1) is 0 Å². The van der Waals surface area contributed by atoms with Crippen molar-refractivity contribution in [3.63, 3.8) is 0 Å². The largest absolute Gasteiger partial charge is 0.480 e. The Morgan fingerprint density at radius 2 is 1.73 bits per heavy atom. The molecule has 2 aromatic carbocycles. The molecule has 0 radical (unpaired) electrons. The van der Waals surface area contributed by atoms with Crippen LogP contribution in [-0.2, 0) is 16.0 Å². The first kappa shape index (κ1) is 25.4. The molecule has 9 nitrogen and oxygen atoms in total. The van der Waals surface area contributed by atoms with E-state index >= 15 is 0 Å². The van der Waals surface area contributed by atoms with Crippen molar-refractivity contribution in [1.82, 2.24) is 10.1 Å². The molecule has 0 saturated carbocycles. The third-order valence-electron chi connectivity index (χ3n) is 5.96. The molecule has 2 heterocycles. The number of amides is 1.